The minimum Gasteiger partial charge on any atom is -0.298 e. The zero-order valence-electron chi connectivity index (χ0n) is 7.42. The Hall–Kier alpha value is -0.850. The van der Waals surface area contributed by atoms with Crippen molar-refractivity contribution in [2.75, 3.05) is 0 Å². The van der Waals surface area contributed by atoms with Crippen LogP contribution in [0.25, 0.3) is 0 Å². The first-order valence-corrected chi connectivity index (χ1v) is 4.54. The number of Topliss-reactive ketones (excluding diaryl/α,β-unsaturated/α-hetero) is 1. The Labute approximate surface area is 73.2 Å². The summed E-state index contributed by atoms with van der Waals surface area (Å²) in [5.74, 6) is 1.14. The second-order valence-electron chi connectivity index (χ2n) is 3.99. The highest BCUT2D eigenvalue weighted by molar-refractivity contribution is 5.96. The van der Waals surface area contributed by atoms with E-state index in [4.69, 9.17) is 0 Å². The molecule has 0 aromatic heterocycles. The Morgan fingerprint density at radius 2 is 2.50 bits per heavy atom. The number of ketones is 1. The van der Waals surface area contributed by atoms with Crippen LogP contribution in [0.3, 0.4) is 0 Å². The molecule has 0 spiro atoms. The third kappa shape index (κ3) is 0.715. The van der Waals surface area contributed by atoms with Gasteiger partial charge in [-0.25, -0.2) is 0 Å². The molecule has 0 aliphatic heterocycles. The molecule has 0 bridgehead atoms. The number of rotatable bonds is 1. The number of carbonyl (C=O) groups is 1. The predicted molar refractivity (Wildman–Crippen MR) is 48.7 cm³/mol. The van der Waals surface area contributed by atoms with E-state index in [-0.39, 0.29) is 5.41 Å². The summed E-state index contributed by atoms with van der Waals surface area (Å²) in [6, 6.07) is 0. The van der Waals surface area contributed by atoms with Gasteiger partial charge in [0.1, 0.15) is 5.78 Å². The first-order chi connectivity index (χ1) is 5.70. The molecule has 2 aliphatic rings. The van der Waals surface area contributed by atoms with Crippen molar-refractivity contribution in [3.05, 3.63) is 24.8 Å². The Kier molecular flexibility index (Phi) is 1.50. The summed E-state index contributed by atoms with van der Waals surface area (Å²) >= 11 is 0. The fourth-order valence-electron chi connectivity index (χ4n) is 2.45. The molecule has 0 saturated heterocycles. The van der Waals surface area contributed by atoms with Gasteiger partial charge in [0.2, 0.25) is 0 Å². The predicted octanol–water partition coefficient (Wildman–Crippen LogP) is 2.34. The molecule has 0 unspecified atom stereocenters. The Bertz CT molecular complexity index is 264. The molecule has 0 aromatic carbocycles. The summed E-state index contributed by atoms with van der Waals surface area (Å²) in [5, 5.41) is 0. The maximum Gasteiger partial charge on any atom is 0.146 e. The Morgan fingerprint density at radius 3 is 3.17 bits per heavy atom. The summed E-state index contributed by atoms with van der Waals surface area (Å²) in [5.41, 5.74) is -0.248. The fourth-order valence-corrected chi connectivity index (χ4v) is 2.45. The van der Waals surface area contributed by atoms with Crippen molar-refractivity contribution in [3.63, 3.8) is 0 Å². The number of hydrogen-bond donors (Lipinski definition) is 0. The zero-order valence-corrected chi connectivity index (χ0v) is 7.42. The van der Waals surface area contributed by atoms with E-state index in [1.165, 1.54) is 0 Å². The molecule has 1 saturated carbocycles. The molecule has 1 fully saturated rings. The summed E-state index contributed by atoms with van der Waals surface area (Å²) in [7, 11) is 0. The molecule has 2 rings (SSSR count). The van der Waals surface area contributed by atoms with Crippen molar-refractivity contribution in [1.82, 2.24) is 0 Å². The maximum atomic E-state index is 11.6. The van der Waals surface area contributed by atoms with Crippen LogP contribution in [0.2, 0.25) is 0 Å². The maximum absolute atomic E-state index is 11.6. The van der Waals surface area contributed by atoms with E-state index in [0.717, 1.165) is 12.8 Å². The monoisotopic (exact) mass is 162 g/mol. The molecule has 0 radical (unpaired) electrons. The molecular weight excluding hydrogens is 148 g/mol. The smallest absolute Gasteiger partial charge is 0.146 e. The van der Waals surface area contributed by atoms with Gasteiger partial charge < -0.3 is 0 Å². The third-order valence-electron chi connectivity index (χ3n) is 3.41. The van der Waals surface area contributed by atoms with Crippen molar-refractivity contribution < 1.29 is 4.79 Å². The lowest BCUT2D eigenvalue weighted by Crippen LogP contribution is -2.54. The molecule has 2 aliphatic carbocycles. The molecule has 3 atom stereocenters. The molecule has 0 heterocycles. The van der Waals surface area contributed by atoms with Gasteiger partial charge in [0.05, 0.1) is 5.41 Å². The molecule has 0 aromatic rings. The van der Waals surface area contributed by atoms with Crippen LogP contribution in [0.4, 0.5) is 0 Å². The van der Waals surface area contributed by atoms with Crippen molar-refractivity contribution in [3.8, 4) is 0 Å². The van der Waals surface area contributed by atoms with Gasteiger partial charge in [-0.2, -0.15) is 0 Å². The summed E-state index contributed by atoms with van der Waals surface area (Å²) in [4.78, 5) is 11.6. The van der Waals surface area contributed by atoms with Crippen LogP contribution in [0, 0.1) is 17.3 Å². The number of hydrogen-bond acceptors (Lipinski definition) is 1. The van der Waals surface area contributed by atoms with Crippen LogP contribution < -0.4 is 0 Å². The van der Waals surface area contributed by atoms with Crippen molar-refractivity contribution in [1.29, 1.82) is 0 Å². The largest absolute Gasteiger partial charge is 0.298 e. The van der Waals surface area contributed by atoms with E-state index in [9.17, 15) is 4.79 Å². The first-order valence-electron chi connectivity index (χ1n) is 4.54. The van der Waals surface area contributed by atoms with E-state index < -0.39 is 0 Å². The van der Waals surface area contributed by atoms with E-state index in [2.05, 4.69) is 18.7 Å². The van der Waals surface area contributed by atoms with E-state index in [1.54, 1.807) is 0 Å². The van der Waals surface area contributed by atoms with Gasteiger partial charge >= 0.3 is 0 Å². The first kappa shape index (κ1) is 7.78. The average molecular weight is 162 g/mol. The van der Waals surface area contributed by atoms with Crippen LogP contribution in [-0.4, -0.2) is 5.78 Å². The summed E-state index contributed by atoms with van der Waals surface area (Å²) in [6.07, 6.45) is 8.31. The lowest BCUT2D eigenvalue weighted by molar-refractivity contribution is -0.147. The van der Waals surface area contributed by atoms with Crippen LogP contribution in [0.1, 0.15) is 19.8 Å². The normalized spacial score (nSPS) is 44.9. The minimum atomic E-state index is -0.248. The second-order valence-corrected chi connectivity index (χ2v) is 3.99. The molecule has 12 heavy (non-hydrogen) atoms. The number of carbonyl (C=O) groups excluding carboxylic acids is 1. The van der Waals surface area contributed by atoms with Crippen molar-refractivity contribution in [2.24, 2.45) is 17.3 Å². The zero-order chi connectivity index (χ0) is 8.77. The molecule has 1 heteroatoms. The lowest BCUT2D eigenvalue weighted by atomic mass is 9.51. The standard InChI is InChI=1S/C11H14O/c1-3-11(2)9-7-5-4-6-8(9)10(11)12/h3,5,7-9H,1,4,6H2,2H3/t8-,9+,11-/m0/s1. The molecule has 0 N–H and O–H groups in total. The van der Waals surface area contributed by atoms with Gasteiger partial charge in [0.25, 0.3) is 0 Å². The van der Waals surface area contributed by atoms with Gasteiger partial charge in [0, 0.05) is 11.8 Å². The van der Waals surface area contributed by atoms with Crippen LogP contribution in [-0.2, 0) is 4.79 Å². The SMILES string of the molecule is C=C[C@]1(C)C(=O)[C@H]2CCC=C[C@H]21. The highest BCUT2D eigenvalue weighted by atomic mass is 16.1. The van der Waals surface area contributed by atoms with Gasteiger partial charge in [-0.05, 0) is 19.8 Å². The molecule has 64 valence electrons. The number of fused-ring (bicyclic) bond motifs is 1. The van der Waals surface area contributed by atoms with Gasteiger partial charge in [0.15, 0.2) is 0 Å². The summed E-state index contributed by atoms with van der Waals surface area (Å²) in [6.45, 7) is 5.74. The lowest BCUT2D eigenvalue weighted by Gasteiger charge is -2.50. The van der Waals surface area contributed by atoms with Crippen LogP contribution in [0.5, 0.6) is 0 Å². The van der Waals surface area contributed by atoms with Crippen molar-refractivity contribution in [2.45, 2.75) is 19.8 Å². The third-order valence-corrected chi connectivity index (χ3v) is 3.41. The molecular formula is C11H14O. The van der Waals surface area contributed by atoms with Crippen LogP contribution in [0.15, 0.2) is 24.8 Å². The van der Waals surface area contributed by atoms with Crippen molar-refractivity contribution >= 4 is 5.78 Å². The minimum absolute atomic E-state index is 0.248. The molecule has 1 nitrogen and oxygen atoms in total. The topological polar surface area (TPSA) is 17.1 Å². The van der Waals surface area contributed by atoms with E-state index >= 15 is 0 Å². The Balaban J connectivity index is 2.31. The quantitative estimate of drug-likeness (QED) is 0.541. The summed E-state index contributed by atoms with van der Waals surface area (Å²) < 4.78 is 0. The molecule has 0 amide bonds. The Morgan fingerprint density at radius 1 is 1.75 bits per heavy atom. The van der Waals surface area contributed by atoms with E-state index in [1.807, 2.05) is 13.0 Å². The van der Waals surface area contributed by atoms with Gasteiger partial charge in [-0.3, -0.25) is 4.79 Å². The fraction of sp³-hybridized carbons (Fsp3) is 0.545. The van der Waals surface area contributed by atoms with E-state index in [0.29, 0.717) is 17.6 Å². The van der Waals surface area contributed by atoms with Gasteiger partial charge in [-0.15, -0.1) is 6.58 Å². The highest BCUT2D eigenvalue weighted by Crippen LogP contribution is 2.52. The van der Waals surface area contributed by atoms with Crippen LogP contribution >= 0.6 is 0 Å². The highest BCUT2D eigenvalue weighted by Gasteiger charge is 2.55. The number of allylic oxidation sites excluding steroid dienone is 3. The average Bonchev–Trinajstić information content (AvgIpc) is 2.16. The van der Waals surface area contributed by atoms with Gasteiger partial charge in [-0.1, -0.05) is 18.2 Å². The second kappa shape index (κ2) is 2.32.